The summed E-state index contributed by atoms with van der Waals surface area (Å²) in [4.78, 5) is 4.56. The topological polar surface area (TPSA) is 54.4 Å². The summed E-state index contributed by atoms with van der Waals surface area (Å²) in [5.41, 5.74) is 2.04. The lowest BCUT2D eigenvalue weighted by Crippen LogP contribution is -2.10. The zero-order chi connectivity index (χ0) is 21.7. The summed E-state index contributed by atoms with van der Waals surface area (Å²) in [6, 6.07) is 12.6. The second kappa shape index (κ2) is 10.1. The van der Waals surface area contributed by atoms with Gasteiger partial charge >= 0.3 is 0 Å². The number of rotatable bonds is 8. The minimum atomic E-state index is -0.467. The molecule has 0 aliphatic heterocycles. The molecular formula is C23H23Cl2FN2O2. The molecule has 0 aliphatic rings. The molecule has 0 unspecified atom stereocenters. The van der Waals surface area contributed by atoms with Gasteiger partial charge in [-0.25, -0.2) is 9.37 Å². The Morgan fingerprint density at radius 2 is 1.83 bits per heavy atom. The van der Waals surface area contributed by atoms with Crippen molar-refractivity contribution in [1.82, 2.24) is 4.98 Å². The van der Waals surface area contributed by atoms with E-state index in [1.807, 2.05) is 19.9 Å². The maximum Gasteiger partial charge on any atom is 0.127 e. The summed E-state index contributed by atoms with van der Waals surface area (Å²) in [6.45, 7) is 5.24. The lowest BCUT2D eigenvalue weighted by molar-refractivity contribution is 0.0787. The second-order valence-corrected chi connectivity index (χ2v) is 7.90. The molecule has 0 saturated carbocycles. The number of aromatic nitrogens is 1. The van der Waals surface area contributed by atoms with Crippen molar-refractivity contribution in [1.29, 1.82) is 0 Å². The standard InChI is InChI=1S/C23H23Cl2FN2O2/c1-14(2)30-10-4-9-27-22-12-15(23-18(24)5-3-6-19(23)25)11-20(28-22)17-13-16(26)7-8-21(17)29/h3,5-8,11-14,29H,4,9-10H2,1-2H3,(H,27,28). The third-order valence-corrected chi connectivity index (χ3v) is 5.02. The lowest BCUT2D eigenvalue weighted by Gasteiger charge is -2.14. The van der Waals surface area contributed by atoms with Crippen molar-refractivity contribution in [3.8, 4) is 28.1 Å². The van der Waals surface area contributed by atoms with Gasteiger partial charge in [0.05, 0.1) is 11.8 Å². The van der Waals surface area contributed by atoms with Crippen LogP contribution >= 0.6 is 23.2 Å². The monoisotopic (exact) mass is 448 g/mol. The minimum absolute atomic E-state index is 0.0670. The van der Waals surface area contributed by atoms with Crippen molar-refractivity contribution >= 4 is 29.0 Å². The quantitative estimate of drug-likeness (QED) is 0.372. The van der Waals surface area contributed by atoms with E-state index in [2.05, 4.69) is 10.3 Å². The molecule has 7 heteroatoms. The van der Waals surface area contributed by atoms with Crippen LogP contribution in [-0.4, -0.2) is 29.3 Å². The number of pyridine rings is 1. The molecule has 0 bridgehead atoms. The Morgan fingerprint density at radius 3 is 2.53 bits per heavy atom. The summed E-state index contributed by atoms with van der Waals surface area (Å²) in [7, 11) is 0. The van der Waals surface area contributed by atoms with E-state index in [1.165, 1.54) is 18.2 Å². The summed E-state index contributed by atoms with van der Waals surface area (Å²) in [6.07, 6.45) is 0.966. The first kappa shape index (κ1) is 22.3. The van der Waals surface area contributed by atoms with Crippen molar-refractivity contribution < 1.29 is 14.2 Å². The number of ether oxygens (including phenoxy) is 1. The number of anilines is 1. The van der Waals surface area contributed by atoms with Crippen LogP contribution < -0.4 is 5.32 Å². The number of benzene rings is 2. The number of hydrogen-bond donors (Lipinski definition) is 2. The Labute approximate surface area is 185 Å². The summed E-state index contributed by atoms with van der Waals surface area (Å²) >= 11 is 12.8. The van der Waals surface area contributed by atoms with Gasteiger partial charge in [0.15, 0.2) is 0 Å². The zero-order valence-electron chi connectivity index (χ0n) is 16.8. The number of halogens is 3. The zero-order valence-corrected chi connectivity index (χ0v) is 18.3. The van der Waals surface area contributed by atoms with E-state index in [4.69, 9.17) is 27.9 Å². The fourth-order valence-corrected chi connectivity index (χ4v) is 3.61. The molecule has 0 aliphatic carbocycles. The van der Waals surface area contributed by atoms with Crippen LogP contribution in [0.15, 0.2) is 48.5 Å². The second-order valence-electron chi connectivity index (χ2n) is 7.08. The SMILES string of the molecule is CC(C)OCCCNc1cc(-c2c(Cl)cccc2Cl)cc(-c2cc(F)ccc2O)n1. The molecule has 0 atom stereocenters. The van der Waals surface area contributed by atoms with Crippen molar-refractivity contribution in [2.24, 2.45) is 0 Å². The fourth-order valence-electron chi connectivity index (χ4n) is 3.00. The maximum absolute atomic E-state index is 13.8. The van der Waals surface area contributed by atoms with E-state index in [-0.39, 0.29) is 17.4 Å². The molecule has 1 aromatic heterocycles. The molecule has 2 aromatic carbocycles. The van der Waals surface area contributed by atoms with Gasteiger partial charge in [-0.1, -0.05) is 29.3 Å². The first-order valence-electron chi connectivity index (χ1n) is 9.66. The van der Waals surface area contributed by atoms with Crippen LogP contribution in [0.25, 0.3) is 22.4 Å². The lowest BCUT2D eigenvalue weighted by atomic mass is 10.0. The predicted molar refractivity (Wildman–Crippen MR) is 121 cm³/mol. The first-order chi connectivity index (χ1) is 14.3. The van der Waals surface area contributed by atoms with Gasteiger partial charge in [-0.05, 0) is 68.3 Å². The summed E-state index contributed by atoms with van der Waals surface area (Å²) < 4.78 is 19.4. The third-order valence-electron chi connectivity index (χ3n) is 4.39. The average molecular weight is 449 g/mol. The third kappa shape index (κ3) is 5.63. The molecule has 158 valence electrons. The molecule has 0 saturated heterocycles. The van der Waals surface area contributed by atoms with Crippen LogP contribution in [0.3, 0.4) is 0 Å². The molecule has 0 radical (unpaired) electrons. The van der Waals surface area contributed by atoms with Crippen LogP contribution in [0.5, 0.6) is 5.75 Å². The number of aromatic hydroxyl groups is 1. The molecule has 30 heavy (non-hydrogen) atoms. The minimum Gasteiger partial charge on any atom is -0.507 e. The van der Waals surface area contributed by atoms with E-state index < -0.39 is 5.82 Å². The fraction of sp³-hybridized carbons (Fsp3) is 0.261. The van der Waals surface area contributed by atoms with Crippen LogP contribution in [0, 0.1) is 5.82 Å². The van der Waals surface area contributed by atoms with Crippen LogP contribution in [0.4, 0.5) is 10.2 Å². The number of hydrogen-bond acceptors (Lipinski definition) is 4. The molecule has 3 rings (SSSR count). The Bertz CT molecular complexity index is 1010. The highest BCUT2D eigenvalue weighted by molar-refractivity contribution is 6.39. The van der Waals surface area contributed by atoms with E-state index >= 15 is 0 Å². The number of nitrogens with one attached hydrogen (secondary N) is 1. The molecular weight excluding hydrogens is 426 g/mol. The van der Waals surface area contributed by atoms with Gasteiger partial charge in [0.1, 0.15) is 17.4 Å². The van der Waals surface area contributed by atoms with Crippen LogP contribution in [-0.2, 0) is 4.74 Å². The van der Waals surface area contributed by atoms with Gasteiger partial charge in [-0.15, -0.1) is 0 Å². The van der Waals surface area contributed by atoms with Crippen molar-refractivity contribution in [3.05, 3.63) is 64.4 Å². The van der Waals surface area contributed by atoms with Gasteiger partial charge in [-0.2, -0.15) is 0 Å². The number of phenolic OH excluding ortho intramolecular Hbond substituents is 1. The van der Waals surface area contributed by atoms with E-state index in [9.17, 15) is 9.50 Å². The van der Waals surface area contributed by atoms with Gasteiger partial charge < -0.3 is 15.2 Å². The largest absolute Gasteiger partial charge is 0.507 e. The van der Waals surface area contributed by atoms with Gasteiger partial charge in [0.2, 0.25) is 0 Å². The van der Waals surface area contributed by atoms with E-state index in [1.54, 1.807) is 24.3 Å². The molecule has 2 N–H and O–H groups in total. The Balaban J connectivity index is 1.99. The summed E-state index contributed by atoms with van der Waals surface area (Å²) in [5.74, 6) is 0.0282. The highest BCUT2D eigenvalue weighted by Crippen LogP contribution is 2.38. The van der Waals surface area contributed by atoms with E-state index in [0.717, 1.165) is 6.42 Å². The molecule has 0 spiro atoms. The van der Waals surface area contributed by atoms with Crippen LogP contribution in [0.2, 0.25) is 10.0 Å². The first-order valence-corrected chi connectivity index (χ1v) is 10.4. The number of nitrogens with zero attached hydrogens (tertiary/aromatic N) is 1. The molecule has 4 nitrogen and oxygen atoms in total. The van der Waals surface area contributed by atoms with Crippen molar-refractivity contribution in [2.75, 3.05) is 18.5 Å². The average Bonchev–Trinajstić information content (AvgIpc) is 2.69. The smallest absolute Gasteiger partial charge is 0.127 e. The van der Waals surface area contributed by atoms with Gasteiger partial charge in [0.25, 0.3) is 0 Å². The molecule has 0 amide bonds. The highest BCUT2D eigenvalue weighted by atomic mass is 35.5. The van der Waals surface area contributed by atoms with Crippen LogP contribution in [0.1, 0.15) is 20.3 Å². The van der Waals surface area contributed by atoms with Gasteiger partial charge in [-0.3, -0.25) is 0 Å². The van der Waals surface area contributed by atoms with Crippen molar-refractivity contribution in [3.63, 3.8) is 0 Å². The van der Waals surface area contributed by atoms with Crippen molar-refractivity contribution in [2.45, 2.75) is 26.4 Å². The highest BCUT2D eigenvalue weighted by Gasteiger charge is 2.15. The number of phenols is 1. The Kier molecular flexibility index (Phi) is 7.53. The molecule has 1 heterocycles. The normalized spacial score (nSPS) is 11.1. The van der Waals surface area contributed by atoms with Gasteiger partial charge in [0, 0.05) is 34.3 Å². The summed E-state index contributed by atoms with van der Waals surface area (Å²) in [5, 5.41) is 14.5. The van der Waals surface area contributed by atoms with E-state index in [0.29, 0.717) is 45.8 Å². The molecule has 3 aromatic rings. The predicted octanol–water partition coefficient (Wildman–Crippen LogP) is 6.79. The maximum atomic E-state index is 13.8. The Morgan fingerprint density at radius 1 is 1.10 bits per heavy atom. The Hall–Kier alpha value is -2.34. The molecule has 0 fully saturated rings.